The maximum atomic E-state index is 12.0. The molecule has 0 radical (unpaired) electrons. The minimum atomic E-state index is -0.0942. The lowest BCUT2D eigenvalue weighted by Crippen LogP contribution is -2.22. The van der Waals surface area contributed by atoms with Crippen LogP contribution in [-0.4, -0.2) is 19.6 Å². The summed E-state index contributed by atoms with van der Waals surface area (Å²) in [5, 5.41) is 5.96. The van der Waals surface area contributed by atoms with Gasteiger partial charge in [-0.25, -0.2) is 0 Å². The Morgan fingerprint density at radius 1 is 1.24 bits per heavy atom. The second-order valence-electron chi connectivity index (χ2n) is 4.60. The third kappa shape index (κ3) is 4.49. The maximum absolute atomic E-state index is 12.0. The van der Waals surface area contributed by atoms with Crippen molar-refractivity contribution < 1.29 is 9.53 Å². The molecule has 5 heteroatoms. The highest BCUT2D eigenvalue weighted by Crippen LogP contribution is 2.24. The minimum absolute atomic E-state index is 0.0942. The summed E-state index contributed by atoms with van der Waals surface area (Å²) in [5.74, 6) is 0.634. The topological polar surface area (TPSA) is 50.4 Å². The van der Waals surface area contributed by atoms with E-state index in [2.05, 4.69) is 26.6 Å². The van der Waals surface area contributed by atoms with Gasteiger partial charge in [-0.15, -0.1) is 0 Å². The zero-order valence-corrected chi connectivity index (χ0v) is 13.5. The number of amides is 1. The summed E-state index contributed by atoms with van der Waals surface area (Å²) in [5.41, 5.74) is 2.69. The molecule has 2 N–H and O–H groups in total. The van der Waals surface area contributed by atoms with E-state index < -0.39 is 0 Å². The van der Waals surface area contributed by atoms with Gasteiger partial charge in [0, 0.05) is 21.9 Å². The SMILES string of the molecule is COc1cc(Br)cc(NCC(=O)Nc2ccccc2C)c1. The number of halogens is 1. The van der Waals surface area contributed by atoms with Crippen LogP contribution in [-0.2, 0) is 4.79 Å². The first-order valence-corrected chi connectivity index (χ1v) is 7.31. The Morgan fingerprint density at radius 3 is 2.71 bits per heavy atom. The van der Waals surface area contributed by atoms with Gasteiger partial charge in [-0.3, -0.25) is 4.79 Å². The molecule has 0 unspecified atom stereocenters. The van der Waals surface area contributed by atoms with Crippen molar-refractivity contribution >= 4 is 33.2 Å². The van der Waals surface area contributed by atoms with E-state index in [1.165, 1.54) is 0 Å². The molecule has 0 aliphatic heterocycles. The number of nitrogens with one attached hydrogen (secondary N) is 2. The summed E-state index contributed by atoms with van der Waals surface area (Å²) in [6.07, 6.45) is 0. The van der Waals surface area contributed by atoms with E-state index in [0.717, 1.165) is 27.2 Å². The molecule has 21 heavy (non-hydrogen) atoms. The predicted molar refractivity (Wildman–Crippen MR) is 89.0 cm³/mol. The minimum Gasteiger partial charge on any atom is -0.497 e. The standard InChI is InChI=1S/C16H17BrN2O2/c1-11-5-3-4-6-15(11)19-16(20)10-18-13-7-12(17)8-14(9-13)21-2/h3-9,18H,10H2,1-2H3,(H,19,20). The summed E-state index contributed by atoms with van der Waals surface area (Å²) >= 11 is 3.40. The first kappa shape index (κ1) is 15.4. The number of hydrogen-bond acceptors (Lipinski definition) is 3. The van der Waals surface area contributed by atoms with Crippen molar-refractivity contribution in [3.63, 3.8) is 0 Å². The second kappa shape index (κ2) is 7.13. The fourth-order valence-electron chi connectivity index (χ4n) is 1.87. The van der Waals surface area contributed by atoms with Gasteiger partial charge in [0.05, 0.1) is 13.7 Å². The summed E-state index contributed by atoms with van der Waals surface area (Å²) in [7, 11) is 1.61. The van der Waals surface area contributed by atoms with Crippen LogP contribution in [0.5, 0.6) is 5.75 Å². The largest absolute Gasteiger partial charge is 0.497 e. The van der Waals surface area contributed by atoms with Crippen LogP contribution in [0.25, 0.3) is 0 Å². The molecule has 0 fully saturated rings. The van der Waals surface area contributed by atoms with E-state index in [1.807, 2.05) is 49.4 Å². The van der Waals surface area contributed by atoms with Gasteiger partial charge in [-0.2, -0.15) is 0 Å². The van der Waals surface area contributed by atoms with E-state index in [0.29, 0.717) is 0 Å². The van der Waals surface area contributed by atoms with Crippen molar-refractivity contribution in [3.05, 3.63) is 52.5 Å². The maximum Gasteiger partial charge on any atom is 0.243 e. The highest BCUT2D eigenvalue weighted by Gasteiger charge is 2.05. The summed E-state index contributed by atoms with van der Waals surface area (Å²) in [6.45, 7) is 2.15. The van der Waals surface area contributed by atoms with Crippen LogP contribution >= 0.6 is 15.9 Å². The third-order valence-electron chi connectivity index (χ3n) is 2.98. The molecule has 0 bridgehead atoms. The van der Waals surface area contributed by atoms with Crippen LogP contribution in [0.4, 0.5) is 11.4 Å². The normalized spacial score (nSPS) is 10.0. The Hall–Kier alpha value is -2.01. The molecule has 0 aromatic heterocycles. The third-order valence-corrected chi connectivity index (χ3v) is 3.44. The van der Waals surface area contributed by atoms with Crippen molar-refractivity contribution in [2.45, 2.75) is 6.92 Å². The van der Waals surface area contributed by atoms with E-state index in [-0.39, 0.29) is 12.5 Å². The first-order chi connectivity index (χ1) is 10.1. The van der Waals surface area contributed by atoms with Gasteiger partial charge in [0.2, 0.25) is 5.91 Å². The van der Waals surface area contributed by atoms with Crippen molar-refractivity contribution in [2.75, 3.05) is 24.3 Å². The number of para-hydroxylation sites is 1. The summed E-state index contributed by atoms with van der Waals surface area (Å²) in [6, 6.07) is 13.3. The summed E-state index contributed by atoms with van der Waals surface area (Å²) in [4.78, 5) is 12.0. The van der Waals surface area contributed by atoms with Gasteiger partial charge in [-0.1, -0.05) is 34.1 Å². The molecule has 0 aliphatic carbocycles. The van der Waals surface area contributed by atoms with Crippen LogP contribution in [0.1, 0.15) is 5.56 Å². The Kier molecular flexibility index (Phi) is 5.22. The van der Waals surface area contributed by atoms with Gasteiger partial charge in [0.15, 0.2) is 0 Å². The quantitative estimate of drug-likeness (QED) is 0.863. The van der Waals surface area contributed by atoms with Crippen LogP contribution in [0, 0.1) is 6.92 Å². The van der Waals surface area contributed by atoms with Crippen molar-refractivity contribution in [3.8, 4) is 5.75 Å². The highest BCUT2D eigenvalue weighted by molar-refractivity contribution is 9.10. The molecule has 0 atom stereocenters. The average Bonchev–Trinajstić information content (AvgIpc) is 2.47. The molecule has 0 saturated heterocycles. The molecule has 1 amide bonds. The lowest BCUT2D eigenvalue weighted by atomic mass is 10.2. The Balaban J connectivity index is 1.95. The molecule has 2 aromatic rings. The fourth-order valence-corrected chi connectivity index (χ4v) is 2.34. The Labute approximate surface area is 132 Å². The number of anilines is 2. The molecule has 0 heterocycles. The smallest absolute Gasteiger partial charge is 0.243 e. The molecule has 0 aliphatic rings. The van der Waals surface area contributed by atoms with E-state index in [4.69, 9.17) is 4.74 Å². The van der Waals surface area contributed by atoms with Gasteiger partial charge in [0.25, 0.3) is 0 Å². The van der Waals surface area contributed by atoms with Crippen LogP contribution in [0.2, 0.25) is 0 Å². The molecule has 110 valence electrons. The van der Waals surface area contributed by atoms with Gasteiger partial charge in [0.1, 0.15) is 5.75 Å². The second-order valence-corrected chi connectivity index (χ2v) is 5.51. The number of methoxy groups -OCH3 is 1. The lowest BCUT2D eigenvalue weighted by molar-refractivity contribution is -0.114. The van der Waals surface area contributed by atoms with Crippen LogP contribution in [0.3, 0.4) is 0 Å². The van der Waals surface area contributed by atoms with Crippen molar-refractivity contribution in [2.24, 2.45) is 0 Å². The number of carbonyl (C=O) groups is 1. The number of rotatable bonds is 5. The molecular formula is C16H17BrN2O2. The molecule has 0 spiro atoms. The van der Waals surface area contributed by atoms with Crippen molar-refractivity contribution in [1.29, 1.82) is 0 Å². The van der Waals surface area contributed by atoms with Gasteiger partial charge in [-0.05, 0) is 30.7 Å². The highest BCUT2D eigenvalue weighted by atomic mass is 79.9. The van der Waals surface area contributed by atoms with Gasteiger partial charge >= 0.3 is 0 Å². The molecule has 0 saturated carbocycles. The van der Waals surface area contributed by atoms with E-state index in [1.54, 1.807) is 7.11 Å². The van der Waals surface area contributed by atoms with E-state index >= 15 is 0 Å². The predicted octanol–water partition coefficient (Wildman–Crippen LogP) is 3.82. The molecule has 2 aromatic carbocycles. The molecule has 2 rings (SSSR count). The molecular weight excluding hydrogens is 332 g/mol. The average molecular weight is 349 g/mol. The number of carbonyl (C=O) groups excluding carboxylic acids is 1. The monoisotopic (exact) mass is 348 g/mol. The Bertz CT molecular complexity index is 644. The van der Waals surface area contributed by atoms with Gasteiger partial charge < -0.3 is 15.4 Å². The number of hydrogen-bond donors (Lipinski definition) is 2. The summed E-state index contributed by atoms with van der Waals surface area (Å²) < 4.78 is 6.08. The zero-order valence-electron chi connectivity index (χ0n) is 11.9. The fraction of sp³-hybridized carbons (Fsp3) is 0.188. The van der Waals surface area contributed by atoms with E-state index in [9.17, 15) is 4.79 Å². The van der Waals surface area contributed by atoms with Crippen molar-refractivity contribution in [1.82, 2.24) is 0 Å². The van der Waals surface area contributed by atoms with Crippen LogP contribution in [0.15, 0.2) is 46.9 Å². The number of benzene rings is 2. The molecule has 4 nitrogen and oxygen atoms in total. The van der Waals surface area contributed by atoms with Crippen LogP contribution < -0.4 is 15.4 Å². The number of aryl methyl sites for hydroxylation is 1. The zero-order chi connectivity index (χ0) is 15.2. The number of ether oxygens (including phenoxy) is 1. The Morgan fingerprint density at radius 2 is 2.00 bits per heavy atom. The lowest BCUT2D eigenvalue weighted by Gasteiger charge is -2.11. The first-order valence-electron chi connectivity index (χ1n) is 6.52.